The molecular formula is C26H32N6O2S. The number of carbonyl (C=O) groups is 1. The molecule has 0 aliphatic heterocycles. The monoisotopic (exact) mass is 492 g/mol. The van der Waals surface area contributed by atoms with Crippen LogP contribution in [0.4, 0.5) is 5.82 Å². The molecule has 2 aromatic carbocycles. The Bertz CT molecular complexity index is 1300. The number of aromatic nitrogens is 4. The second-order valence-corrected chi connectivity index (χ2v) is 10.6. The number of fused-ring (bicyclic) bond motifs is 2. The van der Waals surface area contributed by atoms with E-state index in [1.165, 1.54) is 0 Å². The van der Waals surface area contributed by atoms with Gasteiger partial charge in [0.1, 0.15) is 11.6 Å². The van der Waals surface area contributed by atoms with E-state index in [9.17, 15) is 4.79 Å². The molecule has 0 aliphatic rings. The van der Waals surface area contributed by atoms with E-state index in [0.717, 1.165) is 34.2 Å². The molecule has 9 heteroatoms. The van der Waals surface area contributed by atoms with E-state index in [2.05, 4.69) is 43.4 Å². The van der Waals surface area contributed by atoms with Crippen LogP contribution in [-0.4, -0.2) is 50.6 Å². The molecule has 8 nitrogen and oxygen atoms in total. The first-order valence-electron chi connectivity index (χ1n) is 11.9. The number of rotatable bonds is 11. The predicted molar refractivity (Wildman–Crippen MR) is 142 cm³/mol. The van der Waals surface area contributed by atoms with Gasteiger partial charge in [-0.05, 0) is 28.8 Å². The van der Waals surface area contributed by atoms with Crippen molar-refractivity contribution in [1.29, 1.82) is 0 Å². The van der Waals surface area contributed by atoms with Gasteiger partial charge in [-0.2, -0.15) is 5.10 Å². The van der Waals surface area contributed by atoms with Crippen LogP contribution in [0.25, 0.3) is 21.8 Å². The molecule has 0 bridgehead atoms. The number of thioether (sulfide) groups is 1. The van der Waals surface area contributed by atoms with Gasteiger partial charge in [-0.15, -0.1) is 0 Å². The van der Waals surface area contributed by atoms with Crippen molar-refractivity contribution < 1.29 is 9.53 Å². The molecule has 2 N–H and O–H groups in total. The Balaban J connectivity index is 1.36. The van der Waals surface area contributed by atoms with Gasteiger partial charge in [-0.1, -0.05) is 69.8 Å². The van der Waals surface area contributed by atoms with Crippen molar-refractivity contribution in [3.8, 4) is 5.75 Å². The highest BCUT2D eigenvalue weighted by molar-refractivity contribution is 7.99. The van der Waals surface area contributed by atoms with Crippen molar-refractivity contribution in [2.75, 3.05) is 25.0 Å². The van der Waals surface area contributed by atoms with E-state index >= 15 is 0 Å². The van der Waals surface area contributed by atoms with Gasteiger partial charge in [0.25, 0.3) is 5.91 Å². The van der Waals surface area contributed by atoms with Crippen LogP contribution in [0.15, 0.2) is 53.8 Å². The normalized spacial score (nSPS) is 11.5. The molecule has 0 atom stereocenters. The lowest BCUT2D eigenvalue weighted by molar-refractivity contribution is -0.123. The molecule has 0 unspecified atom stereocenters. The molecule has 0 aliphatic carbocycles. The van der Waals surface area contributed by atoms with Crippen molar-refractivity contribution in [2.45, 2.75) is 44.6 Å². The molecular weight excluding hydrogens is 460 g/mol. The Kier molecular flexibility index (Phi) is 8.07. The van der Waals surface area contributed by atoms with E-state index < -0.39 is 0 Å². The molecule has 1 amide bonds. The van der Waals surface area contributed by atoms with Crippen LogP contribution in [0.5, 0.6) is 5.75 Å². The van der Waals surface area contributed by atoms with Gasteiger partial charge in [-0.25, -0.2) is 14.6 Å². The lowest BCUT2D eigenvalue weighted by Gasteiger charge is -2.12. The molecule has 2 heterocycles. The third kappa shape index (κ3) is 6.63. The Labute approximate surface area is 209 Å². The second-order valence-electron chi connectivity index (χ2n) is 9.05. The van der Waals surface area contributed by atoms with E-state index in [4.69, 9.17) is 14.7 Å². The van der Waals surface area contributed by atoms with E-state index in [1.807, 2.05) is 47.1 Å². The zero-order chi connectivity index (χ0) is 24.8. The molecule has 0 saturated carbocycles. The number of benzene rings is 2. The second kappa shape index (κ2) is 11.4. The van der Waals surface area contributed by atoms with Crippen molar-refractivity contribution in [3.63, 3.8) is 0 Å². The first kappa shape index (κ1) is 24.8. The summed E-state index contributed by atoms with van der Waals surface area (Å²) in [4.78, 5) is 21.8. The van der Waals surface area contributed by atoms with Crippen molar-refractivity contribution in [1.82, 2.24) is 25.1 Å². The summed E-state index contributed by atoms with van der Waals surface area (Å²) in [6.45, 7) is 10.2. The Morgan fingerprint density at radius 3 is 2.66 bits per heavy atom. The lowest BCUT2D eigenvalue weighted by Crippen LogP contribution is -2.31. The number of hydrogen-bond donors (Lipinski definition) is 2. The van der Waals surface area contributed by atoms with Crippen LogP contribution >= 0.6 is 11.8 Å². The Morgan fingerprint density at radius 1 is 1.09 bits per heavy atom. The summed E-state index contributed by atoms with van der Waals surface area (Å²) < 4.78 is 7.49. The minimum absolute atomic E-state index is 0.0428. The standard InChI is InChI=1S/C26H32N6O2S/c1-17(2)14-28-24-22-15-29-32(25(22)31-26(30-24)35-18(3)4)12-11-27-23(33)16-34-21-10-9-19-7-5-6-8-20(19)13-21/h5-10,13,15,17-18H,11-12,14,16H2,1-4H3,(H,27,33)(H,28,30,31). The summed E-state index contributed by atoms with van der Waals surface area (Å²) in [6, 6.07) is 13.9. The maximum absolute atomic E-state index is 12.3. The predicted octanol–water partition coefficient (Wildman–Crippen LogP) is 4.74. The number of anilines is 1. The summed E-state index contributed by atoms with van der Waals surface area (Å²) in [5.74, 6) is 1.78. The lowest BCUT2D eigenvalue weighted by atomic mass is 10.1. The van der Waals surface area contributed by atoms with Crippen molar-refractivity contribution >= 4 is 45.3 Å². The topological polar surface area (TPSA) is 94.0 Å². The molecule has 2 aromatic heterocycles. The Hall–Kier alpha value is -3.33. The number of nitrogens with one attached hydrogen (secondary N) is 2. The van der Waals surface area contributed by atoms with Gasteiger partial charge in [0.15, 0.2) is 17.4 Å². The molecule has 0 saturated heterocycles. The fraction of sp³-hybridized carbons (Fsp3) is 0.385. The first-order chi connectivity index (χ1) is 16.9. The average Bonchev–Trinajstić information content (AvgIpc) is 3.23. The molecule has 4 rings (SSSR count). The molecule has 184 valence electrons. The largest absolute Gasteiger partial charge is 0.484 e. The number of amides is 1. The third-order valence-corrected chi connectivity index (χ3v) is 6.10. The molecule has 0 spiro atoms. The SMILES string of the molecule is CC(C)CNc1nc(SC(C)C)nc2c1cnn2CCNC(=O)COc1ccc2ccccc2c1. The van der Waals surface area contributed by atoms with Gasteiger partial charge >= 0.3 is 0 Å². The average molecular weight is 493 g/mol. The quantitative estimate of drug-likeness (QED) is 0.231. The highest BCUT2D eigenvalue weighted by Crippen LogP contribution is 2.26. The number of ether oxygens (including phenoxy) is 1. The van der Waals surface area contributed by atoms with Crippen LogP contribution in [0.3, 0.4) is 0 Å². The summed E-state index contributed by atoms with van der Waals surface area (Å²) in [5.41, 5.74) is 0.760. The highest BCUT2D eigenvalue weighted by Gasteiger charge is 2.15. The summed E-state index contributed by atoms with van der Waals surface area (Å²) in [6.07, 6.45) is 1.78. The highest BCUT2D eigenvalue weighted by atomic mass is 32.2. The molecule has 35 heavy (non-hydrogen) atoms. The van der Waals surface area contributed by atoms with Crippen LogP contribution in [0.1, 0.15) is 27.7 Å². The van der Waals surface area contributed by atoms with Gasteiger partial charge in [0.2, 0.25) is 0 Å². The third-order valence-electron chi connectivity index (χ3n) is 5.23. The minimum atomic E-state index is -0.181. The van der Waals surface area contributed by atoms with E-state index in [1.54, 1.807) is 18.0 Å². The van der Waals surface area contributed by atoms with Crippen LogP contribution in [0, 0.1) is 5.92 Å². The van der Waals surface area contributed by atoms with Crippen molar-refractivity contribution in [2.24, 2.45) is 5.92 Å². The number of carbonyl (C=O) groups excluding carboxylic acids is 1. The zero-order valence-corrected chi connectivity index (χ0v) is 21.4. The van der Waals surface area contributed by atoms with Crippen molar-refractivity contribution in [3.05, 3.63) is 48.7 Å². The van der Waals surface area contributed by atoms with Gasteiger partial charge in [-0.3, -0.25) is 4.79 Å². The van der Waals surface area contributed by atoms with Gasteiger partial charge < -0.3 is 15.4 Å². The van der Waals surface area contributed by atoms with Crippen LogP contribution in [0.2, 0.25) is 0 Å². The smallest absolute Gasteiger partial charge is 0.258 e. The maximum atomic E-state index is 12.3. The van der Waals surface area contributed by atoms with Crippen LogP contribution < -0.4 is 15.4 Å². The van der Waals surface area contributed by atoms with E-state index in [-0.39, 0.29) is 12.5 Å². The fourth-order valence-electron chi connectivity index (χ4n) is 3.56. The molecule has 0 fully saturated rings. The number of hydrogen-bond acceptors (Lipinski definition) is 7. The molecule has 4 aromatic rings. The van der Waals surface area contributed by atoms with E-state index in [0.29, 0.717) is 35.2 Å². The minimum Gasteiger partial charge on any atom is -0.484 e. The van der Waals surface area contributed by atoms with Gasteiger partial charge in [0.05, 0.1) is 18.1 Å². The van der Waals surface area contributed by atoms with Gasteiger partial charge in [0, 0.05) is 18.3 Å². The summed E-state index contributed by atoms with van der Waals surface area (Å²) in [5, 5.41) is 15.0. The molecule has 0 radical (unpaired) electrons. The number of nitrogens with zero attached hydrogens (tertiary/aromatic N) is 4. The fourth-order valence-corrected chi connectivity index (χ4v) is 4.26. The summed E-state index contributed by atoms with van der Waals surface area (Å²) >= 11 is 1.62. The zero-order valence-electron chi connectivity index (χ0n) is 20.6. The summed E-state index contributed by atoms with van der Waals surface area (Å²) in [7, 11) is 0. The Morgan fingerprint density at radius 2 is 1.89 bits per heavy atom. The maximum Gasteiger partial charge on any atom is 0.258 e. The first-order valence-corrected chi connectivity index (χ1v) is 12.8. The van der Waals surface area contributed by atoms with Crippen LogP contribution in [-0.2, 0) is 11.3 Å².